The van der Waals surface area contributed by atoms with Gasteiger partial charge in [0.15, 0.2) is 5.76 Å². The number of amides is 1. The fourth-order valence-corrected chi connectivity index (χ4v) is 3.77. The van der Waals surface area contributed by atoms with E-state index in [1.165, 1.54) is 19.3 Å². The number of piperidine rings is 1. The van der Waals surface area contributed by atoms with Crippen LogP contribution >= 0.6 is 0 Å². The molecule has 1 aliphatic heterocycles. The largest absolute Gasteiger partial charge is 0.454 e. The van der Waals surface area contributed by atoms with Crippen LogP contribution in [0.5, 0.6) is 0 Å². The molecule has 1 saturated heterocycles. The summed E-state index contributed by atoms with van der Waals surface area (Å²) in [5, 5.41) is 0. The first-order valence-electron chi connectivity index (χ1n) is 9.74. The van der Waals surface area contributed by atoms with Crippen molar-refractivity contribution in [1.29, 1.82) is 0 Å². The second kappa shape index (κ2) is 7.27. The van der Waals surface area contributed by atoms with Crippen LogP contribution in [0.2, 0.25) is 0 Å². The molecule has 2 aliphatic rings. The summed E-state index contributed by atoms with van der Waals surface area (Å²) in [5.74, 6) is 2.22. The number of furan rings is 1. The highest BCUT2D eigenvalue weighted by molar-refractivity contribution is 5.92. The zero-order chi connectivity index (χ0) is 18.1. The van der Waals surface area contributed by atoms with Crippen LogP contribution in [0.15, 0.2) is 28.9 Å². The van der Waals surface area contributed by atoms with Crippen molar-refractivity contribution in [3.05, 3.63) is 41.9 Å². The summed E-state index contributed by atoms with van der Waals surface area (Å²) in [4.78, 5) is 21.8. The highest BCUT2D eigenvalue weighted by Gasteiger charge is 2.35. The van der Waals surface area contributed by atoms with Gasteiger partial charge >= 0.3 is 0 Å². The second-order valence-electron chi connectivity index (χ2n) is 7.59. The molecule has 26 heavy (non-hydrogen) atoms. The molecular weight excluding hydrogens is 328 g/mol. The molecule has 1 atom stereocenters. The topological polar surface area (TPSA) is 54.5 Å². The number of nitrogens with zero attached hydrogens (tertiary/aromatic N) is 4. The Balaban J connectivity index is 1.48. The van der Waals surface area contributed by atoms with Crippen LogP contribution in [0, 0.1) is 0 Å². The van der Waals surface area contributed by atoms with Crippen molar-refractivity contribution in [2.45, 2.75) is 57.7 Å². The van der Waals surface area contributed by atoms with Gasteiger partial charge in [0.05, 0.1) is 12.6 Å². The fourth-order valence-electron chi connectivity index (χ4n) is 3.77. The van der Waals surface area contributed by atoms with Gasteiger partial charge in [0, 0.05) is 25.5 Å². The van der Waals surface area contributed by atoms with Crippen LogP contribution in [0.4, 0.5) is 0 Å². The Morgan fingerprint density at radius 3 is 2.73 bits per heavy atom. The molecule has 1 saturated carbocycles. The Kier molecular flexibility index (Phi) is 4.85. The van der Waals surface area contributed by atoms with E-state index in [1.54, 1.807) is 6.20 Å². The van der Waals surface area contributed by atoms with Gasteiger partial charge in [-0.3, -0.25) is 9.69 Å². The predicted octanol–water partition coefficient (Wildman–Crippen LogP) is 3.36. The molecule has 3 heterocycles. The molecule has 140 valence electrons. The maximum Gasteiger partial charge on any atom is 0.290 e. The number of aryl methyl sites for hydroxylation is 1. The summed E-state index contributed by atoms with van der Waals surface area (Å²) < 4.78 is 7.98. The van der Waals surface area contributed by atoms with Crippen LogP contribution in [0.1, 0.15) is 67.2 Å². The average Bonchev–Trinajstić information content (AvgIpc) is 3.24. The molecule has 4 rings (SSSR count). The maximum atomic E-state index is 13.1. The molecule has 2 fully saturated rings. The van der Waals surface area contributed by atoms with Crippen LogP contribution < -0.4 is 0 Å². The first kappa shape index (κ1) is 17.3. The van der Waals surface area contributed by atoms with Gasteiger partial charge in [-0.05, 0) is 57.8 Å². The summed E-state index contributed by atoms with van der Waals surface area (Å²) in [6.45, 7) is 4.92. The van der Waals surface area contributed by atoms with Gasteiger partial charge in [0.2, 0.25) is 0 Å². The van der Waals surface area contributed by atoms with Gasteiger partial charge in [0.1, 0.15) is 11.6 Å². The lowest BCUT2D eigenvalue weighted by Crippen LogP contribution is -2.33. The molecule has 2 aromatic heterocycles. The minimum atomic E-state index is -0.0207. The second-order valence-corrected chi connectivity index (χ2v) is 7.59. The lowest BCUT2D eigenvalue weighted by Gasteiger charge is -2.31. The number of imidazole rings is 1. The number of hydrogen-bond donors (Lipinski definition) is 0. The Morgan fingerprint density at radius 1 is 1.31 bits per heavy atom. The van der Waals surface area contributed by atoms with E-state index < -0.39 is 0 Å². The quantitative estimate of drug-likeness (QED) is 0.796. The van der Waals surface area contributed by atoms with Crippen molar-refractivity contribution in [2.24, 2.45) is 7.05 Å². The number of aromatic nitrogens is 2. The van der Waals surface area contributed by atoms with E-state index in [9.17, 15) is 4.79 Å². The van der Waals surface area contributed by atoms with E-state index in [4.69, 9.17) is 4.42 Å². The molecule has 1 unspecified atom stereocenters. The molecule has 1 aliphatic carbocycles. The van der Waals surface area contributed by atoms with Gasteiger partial charge in [-0.2, -0.15) is 0 Å². The van der Waals surface area contributed by atoms with E-state index in [2.05, 4.69) is 16.8 Å². The standard InChI is InChI=1S/C20H28N4O2/c1-15(23-11-4-3-5-12-23)17-8-9-18(26-17)20(25)24(16-6-7-16)14-19-21-10-13-22(19)2/h8-10,13,15-16H,3-7,11-12,14H2,1-2H3. The summed E-state index contributed by atoms with van der Waals surface area (Å²) >= 11 is 0. The third-order valence-electron chi connectivity index (χ3n) is 5.67. The van der Waals surface area contributed by atoms with Crippen molar-refractivity contribution >= 4 is 5.91 Å². The van der Waals surface area contributed by atoms with E-state index >= 15 is 0 Å². The Morgan fingerprint density at radius 2 is 2.08 bits per heavy atom. The van der Waals surface area contributed by atoms with E-state index in [-0.39, 0.29) is 11.9 Å². The third kappa shape index (κ3) is 3.56. The van der Waals surface area contributed by atoms with Gasteiger partial charge in [-0.1, -0.05) is 6.42 Å². The van der Waals surface area contributed by atoms with Crippen LogP contribution in [-0.2, 0) is 13.6 Å². The Hall–Kier alpha value is -2.08. The van der Waals surface area contributed by atoms with E-state index in [0.29, 0.717) is 18.3 Å². The van der Waals surface area contributed by atoms with Crippen LogP contribution in [-0.4, -0.2) is 44.4 Å². The molecule has 6 heteroatoms. The maximum absolute atomic E-state index is 13.1. The van der Waals surface area contributed by atoms with Gasteiger partial charge in [0.25, 0.3) is 5.91 Å². The lowest BCUT2D eigenvalue weighted by atomic mass is 10.1. The van der Waals surface area contributed by atoms with Gasteiger partial charge < -0.3 is 13.9 Å². The molecule has 0 bridgehead atoms. The van der Waals surface area contributed by atoms with Crippen molar-refractivity contribution in [2.75, 3.05) is 13.1 Å². The van der Waals surface area contributed by atoms with Crippen molar-refractivity contribution < 1.29 is 9.21 Å². The molecule has 0 radical (unpaired) electrons. The molecule has 6 nitrogen and oxygen atoms in total. The summed E-state index contributed by atoms with van der Waals surface area (Å²) in [7, 11) is 1.96. The van der Waals surface area contributed by atoms with Crippen molar-refractivity contribution in [1.82, 2.24) is 19.4 Å². The minimum Gasteiger partial charge on any atom is -0.454 e. The summed E-state index contributed by atoms with van der Waals surface area (Å²) in [6.07, 6.45) is 9.62. The van der Waals surface area contributed by atoms with Gasteiger partial charge in [-0.15, -0.1) is 0 Å². The van der Waals surface area contributed by atoms with Crippen molar-refractivity contribution in [3.63, 3.8) is 0 Å². The highest BCUT2D eigenvalue weighted by Crippen LogP contribution is 2.31. The Labute approximate surface area is 154 Å². The molecule has 0 aromatic carbocycles. The van der Waals surface area contributed by atoms with E-state index in [1.807, 2.05) is 34.8 Å². The number of carbonyl (C=O) groups excluding carboxylic acids is 1. The van der Waals surface area contributed by atoms with Gasteiger partial charge in [-0.25, -0.2) is 4.98 Å². The SMILES string of the molecule is CC(c1ccc(C(=O)N(Cc2nccn2C)C2CC2)o1)N1CCCCC1. The van der Waals surface area contributed by atoms with Crippen molar-refractivity contribution in [3.8, 4) is 0 Å². The Bertz CT molecular complexity index is 755. The molecule has 0 N–H and O–H groups in total. The number of carbonyl (C=O) groups is 1. The highest BCUT2D eigenvalue weighted by atomic mass is 16.4. The number of hydrogen-bond acceptors (Lipinski definition) is 4. The predicted molar refractivity (Wildman–Crippen MR) is 98.7 cm³/mol. The third-order valence-corrected chi connectivity index (χ3v) is 5.67. The summed E-state index contributed by atoms with van der Waals surface area (Å²) in [5.41, 5.74) is 0. The zero-order valence-corrected chi connectivity index (χ0v) is 15.7. The molecule has 0 spiro atoms. The molecular formula is C20H28N4O2. The monoisotopic (exact) mass is 356 g/mol. The normalized spacial score (nSPS) is 19.5. The minimum absolute atomic E-state index is 0.0207. The summed E-state index contributed by atoms with van der Waals surface area (Å²) in [6, 6.07) is 4.35. The van der Waals surface area contributed by atoms with Crippen LogP contribution in [0.3, 0.4) is 0 Å². The molecule has 1 amide bonds. The number of rotatable bonds is 6. The fraction of sp³-hybridized carbons (Fsp3) is 0.600. The van der Waals surface area contributed by atoms with Crippen LogP contribution in [0.25, 0.3) is 0 Å². The lowest BCUT2D eigenvalue weighted by molar-refractivity contribution is 0.0683. The first-order valence-corrected chi connectivity index (χ1v) is 9.74. The average molecular weight is 356 g/mol. The smallest absolute Gasteiger partial charge is 0.290 e. The number of likely N-dealkylation sites (tertiary alicyclic amines) is 1. The van der Waals surface area contributed by atoms with E-state index in [0.717, 1.165) is 37.5 Å². The zero-order valence-electron chi connectivity index (χ0n) is 15.7. The first-order chi connectivity index (χ1) is 12.6. The molecule has 2 aromatic rings.